The Kier molecular flexibility index (Phi) is 3.90. The van der Waals surface area contributed by atoms with Crippen LogP contribution in [0.2, 0.25) is 5.02 Å². The summed E-state index contributed by atoms with van der Waals surface area (Å²) in [4.78, 5) is 11.3. The van der Waals surface area contributed by atoms with Gasteiger partial charge < -0.3 is 10.3 Å². The zero-order valence-corrected chi connectivity index (χ0v) is 11.5. The third-order valence-corrected chi connectivity index (χ3v) is 3.30. The van der Waals surface area contributed by atoms with E-state index in [2.05, 4.69) is 0 Å². The molecular weight excluding hydrogens is 281 g/mol. The van der Waals surface area contributed by atoms with E-state index in [1.165, 1.54) is 22.9 Å². The molecule has 0 spiro atoms. The van der Waals surface area contributed by atoms with Crippen molar-refractivity contribution < 1.29 is 9.18 Å². The number of aromatic nitrogens is 1. The number of pyridine rings is 1. The molecule has 0 saturated carbocycles. The second-order valence-corrected chi connectivity index (χ2v) is 4.83. The van der Waals surface area contributed by atoms with Crippen molar-refractivity contribution in [1.82, 2.24) is 4.57 Å². The van der Waals surface area contributed by atoms with E-state index in [0.29, 0.717) is 5.56 Å². The third kappa shape index (κ3) is 2.58. The number of halogens is 2. The zero-order chi connectivity index (χ0) is 14.9. The van der Waals surface area contributed by atoms with Crippen molar-refractivity contribution >= 4 is 17.5 Å². The number of hydrogen-bond donors (Lipinski definition) is 2. The highest BCUT2D eigenvalue weighted by Crippen LogP contribution is 2.21. The SMILES string of the molecule is CC(c1ccccc1F)n1cc(Cl)cc(C(N)=O)c1=N. The van der Waals surface area contributed by atoms with Crippen LogP contribution in [0.3, 0.4) is 0 Å². The van der Waals surface area contributed by atoms with Crippen LogP contribution >= 0.6 is 11.6 Å². The largest absolute Gasteiger partial charge is 0.365 e. The summed E-state index contributed by atoms with van der Waals surface area (Å²) in [5.41, 5.74) is 5.52. The van der Waals surface area contributed by atoms with Gasteiger partial charge in [-0.25, -0.2) is 4.39 Å². The molecule has 0 aliphatic heterocycles. The molecular formula is C14H13ClFN3O. The second kappa shape index (κ2) is 5.46. The number of rotatable bonds is 3. The van der Waals surface area contributed by atoms with Gasteiger partial charge in [0, 0.05) is 11.8 Å². The van der Waals surface area contributed by atoms with Gasteiger partial charge in [-0.2, -0.15) is 0 Å². The minimum absolute atomic E-state index is 0.000638. The summed E-state index contributed by atoms with van der Waals surface area (Å²) in [7, 11) is 0. The molecule has 0 fully saturated rings. The van der Waals surface area contributed by atoms with E-state index in [1.54, 1.807) is 25.1 Å². The van der Waals surface area contributed by atoms with Crippen LogP contribution in [0, 0.1) is 11.2 Å². The van der Waals surface area contributed by atoms with Crippen molar-refractivity contribution in [1.29, 1.82) is 5.41 Å². The van der Waals surface area contributed by atoms with Crippen molar-refractivity contribution in [3.8, 4) is 0 Å². The van der Waals surface area contributed by atoms with Crippen LogP contribution in [0.25, 0.3) is 0 Å². The van der Waals surface area contributed by atoms with E-state index in [-0.39, 0.29) is 21.9 Å². The molecule has 2 aromatic rings. The summed E-state index contributed by atoms with van der Waals surface area (Å²) < 4.78 is 15.2. The molecule has 0 aliphatic rings. The Labute approximate surface area is 120 Å². The summed E-state index contributed by atoms with van der Waals surface area (Å²) in [6, 6.07) is 7.10. The first-order valence-corrected chi connectivity index (χ1v) is 6.30. The monoisotopic (exact) mass is 293 g/mol. The first-order chi connectivity index (χ1) is 9.41. The topological polar surface area (TPSA) is 71.9 Å². The Morgan fingerprint density at radius 2 is 2.10 bits per heavy atom. The smallest absolute Gasteiger partial charge is 0.252 e. The third-order valence-electron chi connectivity index (χ3n) is 3.10. The Hall–Kier alpha value is -2.14. The number of hydrogen-bond acceptors (Lipinski definition) is 2. The molecule has 20 heavy (non-hydrogen) atoms. The lowest BCUT2D eigenvalue weighted by atomic mass is 10.1. The van der Waals surface area contributed by atoms with Gasteiger partial charge in [0.05, 0.1) is 16.6 Å². The molecule has 0 aliphatic carbocycles. The number of primary amides is 1. The summed E-state index contributed by atoms with van der Waals surface area (Å²) in [5.74, 6) is -1.13. The van der Waals surface area contributed by atoms with E-state index in [4.69, 9.17) is 22.7 Å². The van der Waals surface area contributed by atoms with Crippen LogP contribution < -0.4 is 11.2 Å². The Bertz CT molecular complexity index is 727. The number of nitrogens with two attached hydrogens (primary N) is 1. The van der Waals surface area contributed by atoms with Gasteiger partial charge in [-0.1, -0.05) is 29.8 Å². The standard InChI is InChI=1S/C14H13ClFN3O/c1-8(10-4-2-3-5-12(10)16)19-7-9(15)6-11(13(19)17)14(18)20/h2-8,17H,1H3,(H2,18,20). The molecule has 1 heterocycles. The van der Waals surface area contributed by atoms with Gasteiger partial charge in [0.15, 0.2) is 0 Å². The van der Waals surface area contributed by atoms with Crippen molar-refractivity contribution in [2.45, 2.75) is 13.0 Å². The van der Waals surface area contributed by atoms with Gasteiger partial charge >= 0.3 is 0 Å². The maximum absolute atomic E-state index is 13.8. The lowest BCUT2D eigenvalue weighted by molar-refractivity contribution is 0.0997. The molecule has 104 valence electrons. The summed E-state index contributed by atoms with van der Waals surface area (Å²) in [5, 5.41) is 8.27. The van der Waals surface area contributed by atoms with Gasteiger partial charge in [-0.05, 0) is 19.1 Å². The number of amides is 1. The molecule has 4 nitrogen and oxygen atoms in total. The second-order valence-electron chi connectivity index (χ2n) is 4.39. The molecule has 2 rings (SSSR count). The van der Waals surface area contributed by atoms with Crippen LogP contribution in [0.1, 0.15) is 28.9 Å². The fraction of sp³-hybridized carbons (Fsp3) is 0.143. The summed E-state index contributed by atoms with van der Waals surface area (Å²) in [6.45, 7) is 1.72. The average Bonchev–Trinajstić information content (AvgIpc) is 2.40. The average molecular weight is 294 g/mol. The van der Waals surface area contributed by atoms with E-state index >= 15 is 0 Å². The molecule has 1 amide bonds. The maximum atomic E-state index is 13.8. The Morgan fingerprint density at radius 3 is 2.70 bits per heavy atom. The number of carbonyl (C=O) groups is 1. The predicted molar refractivity (Wildman–Crippen MR) is 74.0 cm³/mol. The van der Waals surface area contributed by atoms with Gasteiger partial charge in [-0.15, -0.1) is 0 Å². The summed E-state index contributed by atoms with van der Waals surface area (Å²) in [6.07, 6.45) is 1.48. The summed E-state index contributed by atoms with van der Waals surface area (Å²) >= 11 is 5.93. The first-order valence-electron chi connectivity index (χ1n) is 5.92. The molecule has 1 unspecified atom stereocenters. The quantitative estimate of drug-likeness (QED) is 0.896. The van der Waals surface area contributed by atoms with Crippen molar-refractivity contribution in [2.75, 3.05) is 0 Å². The van der Waals surface area contributed by atoms with E-state index in [1.807, 2.05) is 0 Å². The maximum Gasteiger partial charge on any atom is 0.252 e. The number of nitrogens with zero attached hydrogens (tertiary/aromatic N) is 1. The van der Waals surface area contributed by atoms with Crippen molar-refractivity contribution in [3.05, 3.63) is 64.0 Å². The zero-order valence-electron chi connectivity index (χ0n) is 10.7. The van der Waals surface area contributed by atoms with Crippen LogP contribution in [0.15, 0.2) is 36.5 Å². The fourth-order valence-corrected chi connectivity index (χ4v) is 2.25. The van der Waals surface area contributed by atoms with E-state index in [0.717, 1.165) is 0 Å². The Morgan fingerprint density at radius 1 is 1.45 bits per heavy atom. The minimum Gasteiger partial charge on any atom is -0.365 e. The molecule has 0 saturated heterocycles. The van der Waals surface area contributed by atoms with Crippen molar-refractivity contribution in [2.24, 2.45) is 5.73 Å². The predicted octanol–water partition coefficient (Wildman–Crippen LogP) is 2.47. The molecule has 0 bridgehead atoms. The number of nitrogens with one attached hydrogen (secondary N) is 1. The van der Waals surface area contributed by atoms with Gasteiger partial charge in [-0.3, -0.25) is 10.2 Å². The number of benzene rings is 1. The van der Waals surface area contributed by atoms with Gasteiger partial charge in [0.25, 0.3) is 5.91 Å². The minimum atomic E-state index is -0.744. The normalized spacial score (nSPS) is 12.2. The van der Waals surface area contributed by atoms with Crippen LogP contribution in [-0.2, 0) is 0 Å². The lowest BCUT2D eigenvalue weighted by Gasteiger charge is -2.18. The van der Waals surface area contributed by atoms with Crippen LogP contribution in [0.4, 0.5) is 4.39 Å². The molecule has 3 N–H and O–H groups in total. The molecule has 1 atom stereocenters. The van der Waals surface area contributed by atoms with E-state index in [9.17, 15) is 9.18 Å². The van der Waals surface area contributed by atoms with E-state index < -0.39 is 11.9 Å². The van der Waals surface area contributed by atoms with Gasteiger partial charge in [0.1, 0.15) is 11.3 Å². The molecule has 1 aromatic carbocycles. The van der Waals surface area contributed by atoms with Crippen molar-refractivity contribution in [3.63, 3.8) is 0 Å². The number of carbonyl (C=O) groups excluding carboxylic acids is 1. The molecule has 0 radical (unpaired) electrons. The highest BCUT2D eigenvalue weighted by Gasteiger charge is 2.16. The fourth-order valence-electron chi connectivity index (χ4n) is 2.04. The van der Waals surface area contributed by atoms with Crippen LogP contribution in [0.5, 0.6) is 0 Å². The van der Waals surface area contributed by atoms with Gasteiger partial charge in [0.2, 0.25) is 0 Å². The van der Waals surface area contributed by atoms with Crippen LogP contribution in [-0.4, -0.2) is 10.5 Å². The molecule has 1 aromatic heterocycles. The molecule has 6 heteroatoms. The highest BCUT2D eigenvalue weighted by atomic mass is 35.5. The Balaban J connectivity index is 2.62. The lowest BCUT2D eigenvalue weighted by Crippen LogP contribution is -2.31. The highest BCUT2D eigenvalue weighted by molar-refractivity contribution is 6.30. The first kappa shape index (κ1) is 14.3.